The first-order valence-corrected chi connectivity index (χ1v) is 7.03. The third-order valence-corrected chi connectivity index (χ3v) is 3.04. The highest BCUT2D eigenvalue weighted by molar-refractivity contribution is 5.72. The van der Waals surface area contributed by atoms with Gasteiger partial charge >= 0.3 is 5.97 Å². The van der Waals surface area contributed by atoms with Gasteiger partial charge in [0.2, 0.25) is 0 Å². The van der Waals surface area contributed by atoms with Gasteiger partial charge in [-0.05, 0) is 19.3 Å². The molecule has 0 rings (SSSR count). The topological polar surface area (TPSA) is 46.5 Å². The van der Waals surface area contributed by atoms with E-state index in [1.807, 2.05) is 0 Å². The monoisotopic (exact) mass is 244 g/mol. The Balaban J connectivity index is 4.04. The van der Waals surface area contributed by atoms with Gasteiger partial charge in [0.25, 0.3) is 0 Å². The summed E-state index contributed by atoms with van der Waals surface area (Å²) in [7, 11) is 0. The van der Waals surface area contributed by atoms with E-state index in [2.05, 4.69) is 20.8 Å². The molecular formula is C14H28O3. The fraction of sp³-hybridized carbons (Fsp3) is 0.929. The second-order valence-electron chi connectivity index (χ2n) is 4.63. The largest absolute Gasteiger partial charge is 0.479 e. The van der Waals surface area contributed by atoms with Crippen LogP contribution in [-0.2, 0) is 9.53 Å². The molecule has 2 unspecified atom stereocenters. The molecule has 0 heterocycles. The molecule has 2 atom stereocenters. The molecule has 3 nitrogen and oxygen atoms in total. The maximum absolute atomic E-state index is 11.1. The Labute approximate surface area is 106 Å². The van der Waals surface area contributed by atoms with E-state index in [-0.39, 0.29) is 6.10 Å². The maximum Gasteiger partial charge on any atom is 0.332 e. The summed E-state index contributed by atoms with van der Waals surface area (Å²) < 4.78 is 5.71. The van der Waals surface area contributed by atoms with E-state index in [4.69, 9.17) is 9.84 Å². The third-order valence-electron chi connectivity index (χ3n) is 3.04. The molecule has 0 saturated heterocycles. The van der Waals surface area contributed by atoms with Gasteiger partial charge in [0, 0.05) is 0 Å². The molecule has 0 fully saturated rings. The van der Waals surface area contributed by atoms with Crippen molar-refractivity contribution in [3.63, 3.8) is 0 Å². The predicted octanol–water partition coefficient (Wildman–Crippen LogP) is 4.01. The number of hydrogen-bond donors (Lipinski definition) is 1. The van der Waals surface area contributed by atoms with Gasteiger partial charge in [-0.2, -0.15) is 0 Å². The summed E-state index contributed by atoms with van der Waals surface area (Å²) in [6.07, 6.45) is 7.48. The van der Waals surface area contributed by atoms with Crippen molar-refractivity contribution in [1.82, 2.24) is 0 Å². The Hall–Kier alpha value is -0.570. The lowest BCUT2D eigenvalue weighted by molar-refractivity contribution is -0.155. The van der Waals surface area contributed by atoms with Crippen LogP contribution in [0.25, 0.3) is 0 Å². The lowest BCUT2D eigenvalue weighted by Crippen LogP contribution is -2.29. The van der Waals surface area contributed by atoms with Crippen LogP contribution in [-0.4, -0.2) is 23.3 Å². The van der Waals surface area contributed by atoms with Crippen LogP contribution in [0.15, 0.2) is 0 Å². The minimum absolute atomic E-state index is 0.111. The lowest BCUT2D eigenvalue weighted by atomic mass is 10.1. The number of unbranched alkanes of at least 4 members (excludes halogenated alkanes) is 3. The molecule has 102 valence electrons. The highest BCUT2D eigenvalue weighted by Crippen LogP contribution is 2.15. The van der Waals surface area contributed by atoms with E-state index in [1.165, 1.54) is 12.8 Å². The Bertz CT molecular complexity index is 192. The fourth-order valence-electron chi connectivity index (χ4n) is 1.86. The quantitative estimate of drug-likeness (QED) is 0.559. The predicted molar refractivity (Wildman–Crippen MR) is 70.3 cm³/mol. The number of rotatable bonds is 11. The van der Waals surface area contributed by atoms with Crippen molar-refractivity contribution in [2.24, 2.45) is 0 Å². The third kappa shape index (κ3) is 8.19. The first kappa shape index (κ1) is 16.4. The molecule has 0 amide bonds. The van der Waals surface area contributed by atoms with Crippen molar-refractivity contribution >= 4 is 5.97 Å². The minimum atomic E-state index is -0.813. The average Bonchev–Trinajstić information content (AvgIpc) is 2.32. The summed E-state index contributed by atoms with van der Waals surface area (Å²) in [6, 6.07) is 0. The van der Waals surface area contributed by atoms with Gasteiger partial charge in [-0.15, -0.1) is 0 Å². The summed E-state index contributed by atoms with van der Waals surface area (Å²) in [5.41, 5.74) is 0. The molecule has 0 saturated carbocycles. The van der Waals surface area contributed by atoms with E-state index in [0.717, 1.165) is 32.1 Å². The average molecular weight is 244 g/mol. The van der Waals surface area contributed by atoms with Crippen LogP contribution in [0.4, 0.5) is 0 Å². The van der Waals surface area contributed by atoms with Gasteiger partial charge in [-0.3, -0.25) is 0 Å². The number of carbonyl (C=O) groups is 1. The van der Waals surface area contributed by atoms with Gasteiger partial charge < -0.3 is 9.84 Å². The number of hydrogen-bond acceptors (Lipinski definition) is 2. The Morgan fingerprint density at radius 2 is 1.71 bits per heavy atom. The molecule has 0 aliphatic heterocycles. The van der Waals surface area contributed by atoms with E-state index < -0.39 is 12.1 Å². The molecule has 3 heteroatoms. The number of carboxylic acids is 1. The first-order chi connectivity index (χ1) is 8.15. The van der Waals surface area contributed by atoms with Gasteiger partial charge in [0.15, 0.2) is 6.10 Å². The number of aliphatic carboxylic acids is 1. The summed E-state index contributed by atoms with van der Waals surface area (Å²) >= 11 is 0. The van der Waals surface area contributed by atoms with Crippen molar-refractivity contribution in [3.05, 3.63) is 0 Å². The first-order valence-electron chi connectivity index (χ1n) is 7.03. The smallest absolute Gasteiger partial charge is 0.332 e. The summed E-state index contributed by atoms with van der Waals surface area (Å²) in [5, 5.41) is 9.09. The van der Waals surface area contributed by atoms with E-state index >= 15 is 0 Å². The van der Waals surface area contributed by atoms with Gasteiger partial charge in [-0.25, -0.2) is 4.79 Å². The molecule has 17 heavy (non-hydrogen) atoms. The molecule has 0 bridgehead atoms. The number of ether oxygens (including phenoxy) is 1. The van der Waals surface area contributed by atoms with Gasteiger partial charge in [0.1, 0.15) is 0 Å². The van der Waals surface area contributed by atoms with Crippen molar-refractivity contribution < 1.29 is 14.6 Å². The second kappa shape index (κ2) is 10.6. The Morgan fingerprint density at radius 1 is 1.06 bits per heavy atom. The molecule has 0 aromatic rings. The van der Waals surface area contributed by atoms with Crippen molar-refractivity contribution in [3.8, 4) is 0 Å². The summed E-state index contributed by atoms with van der Waals surface area (Å²) in [6.45, 7) is 6.30. The van der Waals surface area contributed by atoms with Gasteiger partial charge in [0.05, 0.1) is 6.10 Å². The highest BCUT2D eigenvalue weighted by atomic mass is 16.5. The standard InChI is InChI=1S/C14H28O3/c1-4-7-9-10-12(6-3)17-13(14(15)16)11-8-5-2/h12-13H,4-11H2,1-3H3,(H,15,16). The molecule has 0 aromatic heterocycles. The summed E-state index contributed by atoms with van der Waals surface area (Å²) in [4.78, 5) is 11.1. The summed E-state index contributed by atoms with van der Waals surface area (Å²) in [5.74, 6) is -0.813. The van der Waals surface area contributed by atoms with E-state index in [1.54, 1.807) is 0 Å². The Morgan fingerprint density at radius 3 is 2.18 bits per heavy atom. The maximum atomic E-state index is 11.1. The highest BCUT2D eigenvalue weighted by Gasteiger charge is 2.21. The van der Waals surface area contributed by atoms with Crippen LogP contribution < -0.4 is 0 Å². The molecule has 0 aliphatic carbocycles. The van der Waals surface area contributed by atoms with Crippen LogP contribution in [0, 0.1) is 0 Å². The van der Waals surface area contributed by atoms with Crippen molar-refractivity contribution in [1.29, 1.82) is 0 Å². The van der Waals surface area contributed by atoms with Crippen molar-refractivity contribution in [2.45, 2.75) is 84.3 Å². The van der Waals surface area contributed by atoms with Gasteiger partial charge in [-0.1, -0.05) is 52.9 Å². The zero-order valence-electron chi connectivity index (χ0n) is 11.6. The van der Waals surface area contributed by atoms with Crippen LogP contribution in [0.2, 0.25) is 0 Å². The zero-order valence-corrected chi connectivity index (χ0v) is 11.6. The lowest BCUT2D eigenvalue weighted by Gasteiger charge is -2.21. The molecule has 0 aromatic carbocycles. The molecule has 1 N–H and O–H groups in total. The normalized spacial score (nSPS) is 14.5. The fourth-order valence-corrected chi connectivity index (χ4v) is 1.86. The van der Waals surface area contributed by atoms with Crippen LogP contribution in [0.1, 0.15) is 72.1 Å². The van der Waals surface area contributed by atoms with Crippen LogP contribution in [0.5, 0.6) is 0 Å². The SMILES string of the molecule is CCCCCC(CC)OC(CCCC)C(=O)O. The Kier molecular flexibility index (Phi) is 10.2. The molecule has 0 spiro atoms. The molecule has 0 radical (unpaired) electrons. The van der Waals surface area contributed by atoms with Crippen LogP contribution >= 0.6 is 0 Å². The molecular weight excluding hydrogens is 216 g/mol. The van der Waals surface area contributed by atoms with E-state index in [9.17, 15) is 4.79 Å². The minimum Gasteiger partial charge on any atom is -0.479 e. The van der Waals surface area contributed by atoms with E-state index in [0.29, 0.717) is 6.42 Å². The second-order valence-corrected chi connectivity index (χ2v) is 4.63. The number of carboxylic acid groups (broad SMARTS) is 1. The molecule has 0 aliphatic rings. The zero-order chi connectivity index (χ0) is 13.1. The van der Waals surface area contributed by atoms with Crippen LogP contribution in [0.3, 0.4) is 0 Å². The van der Waals surface area contributed by atoms with Crippen molar-refractivity contribution in [2.75, 3.05) is 0 Å².